The number of nitro groups is 1. The van der Waals surface area contributed by atoms with E-state index in [1.165, 1.54) is 25.1 Å². The summed E-state index contributed by atoms with van der Waals surface area (Å²) in [6.07, 6.45) is 2.29. The van der Waals surface area contributed by atoms with Crippen molar-refractivity contribution in [1.29, 1.82) is 0 Å². The number of hydrogen-bond acceptors (Lipinski definition) is 7. The van der Waals surface area contributed by atoms with Crippen LogP contribution in [0.15, 0.2) is 24.5 Å². The molecule has 0 saturated carbocycles. The van der Waals surface area contributed by atoms with Crippen molar-refractivity contribution in [1.82, 2.24) is 15.1 Å². The summed E-state index contributed by atoms with van der Waals surface area (Å²) < 4.78 is 11.4. The minimum absolute atomic E-state index is 0.130. The van der Waals surface area contributed by atoms with E-state index in [1.54, 1.807) is 26.0 Å². The molecule has 1 aromatic heterocycles. The van der Waals surface area contributed by atoms with Gasteiger partial charge in [-0.2, -0.15) is 5.10 Å². The third-order valence-corrected chi connectivity index (χ3v) is 3.90. The fourth-order valence-electron chi connectivity index (χ4n) is 2.27. The van der Waals surface area contributed by atoms with E-state index in [9.17, 15) is 20.0 Å². The Balaban J connectivity index is 2.15. The summed E-state index contributed by atoms with van der Waals surface area (Å²) in [4.78, 5) is 22.7. The molecule has 0 saturated heterocycles. The van der Waals surface area contributed by atoms with E-state index in [2.05, 4.69) is 10.4 Å². The van der Waals surface area contributed by atoms with Gasteiger partial charge in [0, 0.05) is 6.54 Å². The maximum atomic E-state index is 12.5. The molecule has 0 aliphatic heterocycles. The molecule has 0 bridgehead atoms. The smallest absolute Gasteiger partial charge is 0.307 e. The first-order valence-corrected chi connectivity index (χ1v) is 7.62. The van der Waals surface area contributed by atoms with Crippen LogP contribution in [-0.4, -0.2) is 39.9 Å². The fraction of sp³-hybridized carbons (Fsp3) is 0.375. The maximum absolute atomic E-state index is 12.5. The van der Waals surface area contributed by atoms with Crippen LogP contribution in [0.3, 0.4) is 0 Å². The number of hydrogen-bond donors (Lipinski definition) is 2. The van der Waals surface area contributed by atoms with Gasteiger partial charge in [-0.1, -0.05) is 0 Å². The first-order valence-electron chi connectivity index (χ1n) is 7.62. The van der Waals surface area contributed by atoms with Crippen molar-refractivity contribution in [2.45, 2.75) is 25.9 Å². The van der Waals surface area contributed by atoms with Crippen LogP contribution < -0.4 is 14.8 Å². The molecule has 1 aromatic carbocycles. The Morgan fingerprint density at radius 1 is 1.35 bits per heavy atom. The van der Waals surface area contributed by atoms with Crippen molar-refractivity contribution >= 4 is 11.6 Å². The number of ether oxygens (including phenoxy) is 2. The lowest BCUT2D eigenvalue weighted by molar-refractivity contribution is -0.385. The maximum Gasteiger partial charge on any atom is 0.307 e. The average molecular weight is 364 g/mol. The van der Waals surface area contributed by atoms with E-state index in [0.717, 1.165) is 6.20 Å². The summed E-state index contributed by atoms with van der Waals surface area (Å²) in [7, 11) is 2.81. The van der Waals surface area contributed by atoms with Crippen LogP contribution in [0, 0.1) is 10.1 Å². The number of phenols is 1. The first kappa shape index (κ1) is 19.0. The van der Waals surface area contributed by atoms with Crippen molar-refractivity contribution in [3.05, 3.63) is 40.2 Å². The normalized spacial score (nSPS) is 11.1. The zero-order valence-electron chi connectivity index (χ0n) is 14.8. The Hall–Kier alpha value is -3.30. The number of aromatic nitrogens is 2. The largest absolute Gasteiger partial charge is 0.502 e. The Kier molecular flexibility index (Phi) is 5.34. The molecule has 1 heterocycles. The molecule has 0 spiro atoms. The molecule has 10 heteroatoms. The van der Waals surface area contributed by atoms with Crippen molar-refractivity contribution in [3.8, 4) is 17.2 Å². The van der Waals surface area contributed by atoms with Gasteiger partial charge in [-0.15, -0.1) is 0 Å². The molecular weight excluding hydrogens is 344 g/mol. The van der Waals surface area contributed by atoms with Gasteiger partial charge in [-0.25, -0.2) is 0 Å². The number of nitrogens with one attached hydrogen (secondary N) is 1. The highest BCUT2D eigenvalue weighted by atomic mass is 16.6. The van der Waals surface area contributed by atoms with Crippen LogP contribution in [0.5, 0.6) is 17.2 Å². The van der Waals surface area contributed by atoms with Gasteiger partial charge in [-0.05, 0) is 31.5 Å². The molecule has 0 aliphatic rings. The summed E-state index contributed by atoms with van der Waals surface area (Å²) in [6, 6.07) is 3.15. The van der Waals surface area contributed by atoms with Crippen molar-refractivity contribution in [2.75, 3.05) is 14.2 Å². The predicted octanol–water partition coefficient (Wildman–Crippen LogP) is 1.57. The van der Waals surface area contributed by atoms with Crippen LogP contribution in [0.1, 0.15) is 19.4 Å². The molecule has 140 valence electrons. The number of amides is 1. The summed E-state index contributed by atoms with van der Waals surface area (Å²) in [6.45, 7) is 3.33. The van der Waals surface area contributed by atoms with E-state index < -0.39 is 10.5 Å². The molecule has 1 amide bonds. The highest BCUT2D eigenvalue weighted by Gasteiger charge is 2.31. The summed E-state index contributed by atoms with van der Waals surface area (Å²) in [5.41, 5.74) is -0.690. The highest BCUT2D eigenvalue weighted by Crippen LogP contribution is 2.37. The van der Waals surface area contributed by atoms with Gasteiger partial charge in [-0.3, -0.25) is 19.6 Å². The number of benzene rings is 1. The molecule has 26 heavy (non-hydrogen) atoms. The third kappa shape index (κ3) is 3.68. The van der Waals surface area contributed by atoms with Gasteiger partial charge in [0.1, 0.15) is 17.9 Å². The number of phenolic OH excluding ortho intramolecular Hbond substituents is 1. The summed E-state index contributed by atoms with van der Waals surface area (Å²) in [5, 5.41) is 27.3. The fourth-order valence-corrected chi connectivity index (χ4v) is 2.27. The van der Waals surface area contributed by atoms with Gasteiger partial charge in [0.25, 0.3) is 0 Å². The summed E-state index contributed by atoms with van der Waals surface area (Å²) >= 11 is 0. The van der Waals surface area contributed by atoms with E-state index in [1.807, 2.05) is 0 Å². The van der Waals surface area contributed by atoms with Crippen LogP contribution in [-0.2, 0) is 16.9 Å². The molecular formula is C16H20N4O6. The molecule has 0 aliphatic carbocycles. The lowest BCUT2D eigenvalue weighted by Crippen LogP contribution is -2.44. The molecule has 0 fully saturated rings. The lowest BCUT2D eigenvalue weighted by atomic mass is 10.0. The number of carbonyl (C=O) groups excluding carboxylic acids is 1. The molecule has 0 radical (unpaired) electrons. The Labute approximate surface area is 149 Å². The second kappa shape index (κ2) is 7.30. The van der Waals surface area contributed by atoms with Crippen LogP contribution in [0.25, 0.3) is 0 Å². The minimum Gasteiger partial charge on any atom is -0.502 e. The molecule has 2 aromatic rings. The molecule has 0 atom stereocenters. The number of nitrogens with zero attached hydrogens (tertiary/aromatic N) is 3. The van der Waals surface area contributed by atoms with Crippen molar-refractivity contribution in [3.63, 3.8) is 0 Å². The molecule has 10 nitrogen and oxygen atoms in total. The number of rotatable bonds is 7. The second-order valence-electron chi connectivity index (χ2n) is 5.99. The lowest BCUT2D eigenvalue weighted by Gasteiger charge is -2.24. The summed E-state index contributed by atoms with van der Waals surface area (Å²) in [5.74, 6) is -0.0816. The Morgan fingerprint density at radius 2 is 1.92 bits per heavy atom. The predicted molar refractivity (Wildman–Crippen MR) is 91.3 cm³/mol. The van der Waals surface area contributed by atoms with Crippen molar-refractivity contribution in [2.24, 2.45) is 0 Å². The minimum atomic E-state index is -1.14. The number of carbonyl (C=O) groups is 1. The number of aromatic hydroxyl groups is 1. The molecule has 0 unspecified atom stereocenters. The van der Waals surface area contributed by atoms with Gasteiger partial charge < -0.3 is 19.9 Å². The van der Waals surface area contributed by atoms with Crippen LogP contribution >= 0.6 is 0 Å². The van der Waals surface area contributed by atoms with Crippen LogP contribution in [0.2, 0.25) is 0 Å². The first-order chi connectivity index (χ1) is 12.2. The van der Waals surface area contributed by atoms with Crippen LogP contribution in [0.4, 0.5) is 5.69 Å². The third-order valence-electron chi connectivity index (χ3n) is 3.90. The zero-order valence-corrected chi connectivity index (χ0v) is 14.8. The highest BCUT2D eigenvalue weighted by molar-refractivity contribution is 5.83. The SMILES string of the molecule is COc1cc(CNC(=O)C(C)(C)n2cc([N+](=O)[O-])cn2)cc(OC)c1O. The Morgan fingerprint density at radius 3 is 2.38 bits per heavy atom. The standard InChI is InChI=1S/C16H20N4O6/c1-16(2,19-9-11(8-18-19)20(23)24)15(22)17-7-10-5-12(25-3)14(21)13(6-10)26-4/h5-6,8-9,21H,7H2,1-4H3,(H,17,22). The zero-order chi connectivity index (χ0) is 19.5. The van der Waals surface area contributed by atoms with E-state index >= 15 is 0 Å². The Bertz CT molecular complexity index is 805. The quantitative estimate of drug-likeness (QED) is 0.563. The van der Waals surface area contributed by atoms with Gasteiger partial charge in [0.05, 0.1) is 19.1 Å². The van der Waals surface area contributed by atoms with E-state index in [0.29, 0.717) is 5.56 Å². The average Bonchev–Trinajstić information content (AvgIpc) is 3.11. The topological polar surface area (TPSA) is 129 Å². The van der Waals surface area contributed by atoms with Crippen molar-refractivity contribution < 1.29 is 24.3 Å². The van der Waals surface area contributed by atoms with Gasteiger partial charge >= 0.3 is 5.69 Å². The van der Waals surface area contributed by atoms with Gasteiger partial charge in [0.2, 0.25) is 11.7 Å². The van der Waals surface area contributed by atoms with Gasteiger partial charge in [0.15, 0.2) is 11.5 Å². The molecule has 2 N–H and O–H groups in total. The van der Waals surface area contributed by atoms with E-state index in [-0.39, 0.29) is 35.4 Å². The number of methoxy groups -OCH3 is 2. The monoisotopic (exact) mass is 364 g/mol. The van der Waals surface area contributed by atoms with E-state index in [4.69, 9.17) is 9.47 Å². The second-order valence-corrected chi connectivity index (χ2v) is 5.99. The molecule has 2 rings (SSSR count).